The fourth-order valence-corrected chi connectivity index (χ4v) is 1.67. The predicted molar refractivity (Wildman–Crippen MR) is 48.0 cm³/mol. The summed E-state index contributed by atoms with van der Waals surface area (Å²) < 4.78 is 0. The maximum absolute atomic E-state index is 4.29. The molecule has 0 spiro atoms. The van der Waals surface area contributed by atoms with Gasteiger partial charge < -0.3 is 0 Å². The molecule has 1 aromatic rings. The zero-order valence-corrected chi connectivity index (χ0v) is 8.57. The van der Waals surface area contributed by atoms with Crippen LogP contribution in [-0.4, -0.2) is 10.2 Å². The van der Waals surface area contributed by atoms with Gasteiger partial charge in [0.15, 0.2) is 0 Å². The van der Waals surface area contributed by atoms with Crippen molar-refractivity contribution < 1.29 is 0 Å². The first-order chi connectivity index (χ1) is 4.22. The van der Waals surface area contributed by atoms with Crippen molar-refractivity contribution in [2.24, 2.45) is 0 Å². The SMILES string of the molecule is Cc1c([SiH3])cccc1S. The molecule has 0 saturated heterocycles. The van der Waals surface area contributed by atoms with Gasteiger partial charge in [-0.05, 0) is 18.6 Å². The summed E-state index contributed by atoms with van der Waals surface area (Å²) in [7, 11) is 1.13. The van der Waals surface area contributed by atoms with Crippen LogP contribution in [0.4, 0.5) is 0 Å². The number of hydrogen-bond acceptors (Lipinski definition) is 1. The summed E-state index contributed by atoms with van der Waals surface area (Å²) in [5, 5.41) is 1.45. The Morgan fingerprint density at radius 1 is 1.44 bits per heavy atom. The van der Waals surface area contributed by atoms with Crippen molar-refractivity contribution in [3.8, 4) is 0 Å². The Balaban J connectivity index is 3.25. The summed E-state index contributed by atoms with van der Waals surface area (Å²) in [6.45, 7) is 2.12. The zero-order valence-electron chi connectivity index (χ0n) is 5.68. The van der Waals surface area contributed by atoms with Crippen molar-refractivity contribution in [2.75, 3.05) is 0 Å². The highest BCUT2D eigenvalue weighted by Crippen LogP contribution is 2.07. The molecule has 0 atom stereocenters. The molecule has 2 heteroatoms. The maximum atomic E-state index is 4.29. The highest BCUT2D eigenvalue weighted by Gasteiger charge is 1.92. The lowest BCUT2D eigenvalue weighted by Crippen LogP contribution is -2.06. The molecule has 0 fully saturated rings. The third-order valence-corrected chi connectivity index (χ3v) is 3.14. The van der Waals surface area contributed by atoms with E-state index in [0.29, 0.717) is 0 Å². The van der Waals surface area contributed by atoms with Crippen molar-refractivity contribution in [2.45, 2.75) is 11.8 Å². The van der Waals surface area contributed by atoms with Gasteiger partial charge in [0.1, 0.15) is 0 Å². The number of thiol groups is 1. The zero-order chi connectivity index (χ0) is 6.85. The first-order valence-electron chi connectivity index (χ1n) is 2.97. The van der Waals surface area contributed by atoms with Crippen LogP contribution in [0.1, 0.15) is 5.56 Å². The molecule has 9 heavy (non-hydrogen) atoms. The van der Waals surface area contributed by atoms with Crippen molar-refractivity contribution in [1.29, 1.82) is 0 Å². The fourth-order valence-electron chi connectivity index (χ4n) is 0.736. The second kappa shape index (κ2) is 2.58. The van der Waals surface area contributed by atoms with Gasteiger partial charge in [-0.2, -0.15) is 0 Å². The van der Waals surface area contributed by atoms with E-state index in [2.05, 4.69) is 31.7 Å². The van der Waals surface area contributed by atoms with Gasteiger partial charge in [-0.1, -0.05) is 17.3 Å². The number of rotatable bonds is 0. The summed E-state index contributed by atoms with van der Waals surface area (Å²) in [6, 6.07) is 6.23. The standard InChI is InChI=1S/C7H10SSi/c1-5-6(8)3-2-4-7(5)9/h2-4,8H,1,9H3. The van der Waals surface area contributed by atoms with Gasteiger partial charge in [-0.3, -0.25) is 0 Å². The number of hydrogen-bond donors (Lipinski definition) is 1. The van der Waals surface area contributed by atoms with Crippen LogP contribution in [0.3, 0.4) is 0 Å². The normalized spacial score (nSPS) is 10.0. The Labute approximate surface area is 64.1 Å². The quantitative estimate of drug-likeness (QED) is 0.403. The fraction of sp³-hybridized carbons (Fsp3) is 0.143. The Kier molecular flexibility index (Phi) is 1.98. The summed E-state index contributed by atoms with van der Waals surface area (Å²) in [5.74, 6) is 0. The smallest absolute Gasteiger partial charge is 0.0388 e. The molecule has 0 nitrogen and oxygen atoms in total. The van der Waals surface area contributed by atoms with E-state index in [9.17, 15) is 0 Å². The van der Waals surface area contributed by atoms with Crippen LogP contribution >= 0.6 is 12.6 Å². The molecule has 0 saturated carbocycles. The molecule has 0 unspecified atom stereocenters. The maximum Gasteiger partial charge on any atom is 0.0388 e. The summed E-state index contributed by atoms with van der Waals surface area (Å²) >= 11 is 4.29. The average molecular weight is 154 g/mol. The van der Waals surface area contributed by atoms with Crippen LogP contribution in [0.5, 0.6) is 0 Å². The molecular formula is C7H10SSi. The van der Waals surface area contributed by atoms with Crippen LogP contribution in [0.2, 0.25) is 0 Å². The third-order valence-electron chi connectivity index (χ3n) is 1.58. The summed E-state index contributed by atoms with van der Waals surface area (Å²) in [5.41, 5.74) is 1.34. The van der Waals surface area contributed by atoms with Crippen LogP contribution < -0.4 is 5.19 Å². The Morgan fingerprint density at radius 2 is 2.11 bits per heavy atom. The van der Waals surface area contributed by atoms with Gasteiger partial charge in [-0.15, -0.1) is 12.6 Å². The summed E-state index contributed by atoms with van der Waals surface area (Å²) in [4.78, 5) is 1.11. The van der Waals surface area contributed by atoms with E-state index < -0.39 is 0 Å². The largest absolute Gasteiger partial charge is 0.143 e. The first-order valence-corrected chi connectivity index (χ1v) is 4.41. The van der Waals surface area contributed by atoms with Crippen molar-refractivity contribution in [3.63, 3.8) is 0 Å². The van der Waals surface area contributed by atoms with E-state index >= 15 is 0 Å². The molecule has 0 bridgehead atoms. The molecule has 0 aliphatic carbocycles. The monoisotopic (exact) mass is 154 g/mol. The Hall–Kier alpha value is -0.213. The summed E-state index contributed by atoms with van der Waals surface area (Å²) in [6.07, 6.45) is 0. The molecule has 0 aromatic heterocycles. The Morgan fingerprint density at radius 3 is 2.56 bits per heavy atom. The molecule has 1 rings (SSSR count). The molecule has 0 heterocycles. The lowest BCUT2D eigenvalue weighted by Gasteiger charge is -2.00. The average Bonchev–Trinajstić information content (AvgIpc) is 1.83. The molecule has 0 N–H and O–H groups in total. The minimum atomic E-state index is 1.11. The van der Waals surface area contributed by atoms with E-state index in [1.165, 1.54) is 10.8 Å². The van der Waals surface area contributed by atoms with Crippen LogP contribution in [0.15, 0.2) is 23.1 Å². The molecule has 0 aliphatic heterocycles. The van der Waals surface area contributed by atoms with Gasteiger partial charge in [0, 0.05) is 15.1 Å². The Bertz CT molecular complexity index is 200. The van der Waals surface area contributed by atoms with Crippen molar-refractivity contribution in [1.82, 2.24) is 0 Å². The van der Waals surface area contributed by atoms with Crippen LogP contribution in [-0.2, 0) is 0 Å². The van der Waals surface area contributed by atoms with E-state index in [4.69, 9.17) is 0 Å². The van der Waals surface area contributed by atoms with E-state index in [-0.39, 0.29) is 0 Å². The molecular weight excluding hydrogens is 144 g/mol. The second-order valence-electron chi connectivity index (χ2n) is 2.22. The predicted octanol–water partition coefficient (Wildman–Crippen LogP) is 0.274. The highest BCUT2D eigenvalue weighted by atomic mass is 32.1. The number of benzene rings is 1. The van der Waals surface area contributed by atoms with Gasteiger partial charge in [0.2, 0.25) is 0 Å². The minimum Gasteiger partial charge on any atom is -0.143 e. The van der Waals surface area contributed by atoms with Gasteiger partial charge >= 0.3 is 0 Å². The molecule has 1 aromatic carbocycles. The molecule has 48 valence electrons. The lowest BCUT2D eigenvalue weighted by atomic mass is 10.2. The van der Waals surface area contributed by atoms with Gasteiger partial charge in [0.25, 0.3) is 0 Å². The van der Waals surface area contributed by atoms with Gasteiger partial charge in [0.05, 0.1) is 0 Å². The molecule has 0 radical (unpaired) electrons. The van der Waals surface area contributed by atoms with Crippen LogP contribution in [0.25, 0.3) is 0 Å². The second-order valence-corrected chi connectivity index (χ2v) is 3.78. The minimum absolute atomic E-state index is 1.11. The van der Waals surface area contributed by atoms with Crippen LogP contribution in [0, 0.1) is 6.92 Å². The van der Waals surface area contributed by atoms with Gasteiger partial charge in [-0.25, -0.2) is 0 Å². The topological polar surface area (TPSA) is 0 Å². The van der Waals surface area contributed by atoms with E-state index in [1.54, 1.807) is 0 Å². The van der Waals surface area contributed by atoms with E-state index in [1.807, 2.05) is 6.07 Å². The molecule has 0 amide bonds. The lowest BCUT2D eigenvalue weighted by molar-refractivity contribution is 1.34. The highest BCUT2D eigenvalue weighted by molar-refractivity contribution is 7.80. The van der Waals surface area contributed by atoms with Crippen molar-refractivity contribution in [3.05, 3.63) is 23.8 Å². The van der Waals surface area contributed by atoms with E-state index in [0.717, 1.165) is 15.1 Å². The molecule has 0 aliphatic rings. The van der Waals surface area contributed by atoms with Crippen molar-refractivity contribution >= 4 is 28.1 Å². The first kappa shape index (κ1) is 6.90. The third kappa shape index (κ3) is 1.37.